The van der Waals surface area contributed by atoms with Gasteiger partial charge in [0.1, 0.15) is 13.1 Å². The van der Waals surface area contributed by atoms with Gasteiger partial charge in [-0.05, 0) is 17.7 Å². The van der Waals surface area contributed by atoms with E-state index in [1.165, 1.54) is 0 Å². The first-order valence-electron chi connectivity index (χ1n) is 7.74. The maximum Gasteiger partial charge on any atom is 0.274 e. The highest BCUT2D eigenvalue weighted by Gasteiger charge is 2.21. The van der Waals surface area contributed by atoms with E-state index in [0.29, 0.717) is 5.03 Å². The van der Waals surface area contributed by atoms with E-state index in [2.05, 4.69) is 26.1 Å². The molecule has 0 radical (unpaired) electrons. The number of aromatic amines is 1. The second-order valence-electron chi connectivity index (χ2n) is 5.37. The maximum absolute atomic E-state index is 6.23. The topological polar surface area (TPSA) is 33.0 Å². The van der Waals surface area contributed by atoms with Crippen molar-refractivity contribution in [2.24, 2.45) is 5.10 Å². The molecule has 1 aromatic heterocycles. The molecule has 1 saturated heterocycles. The zero-order chi connectivity index (χ0) is 15.9. The van der Waals surface area contributed by atoms with Crippen LogP contribution in [0.1, 0.15) is 5.56 Å². The van der Waals surface area contributed by atoms with E-state index in [1.54, 1.807) is 6.21 Å². The number of piperazine rings is 1. The normalized spacial score (nSPS) is 16.1. The molecule has 5 heteroatoms. The molecule has 0 atom stereocenters. The van der Waals surface area contributed by atoms with Crippen molar-refractivity contribution in [2.45, 2.75) is 0 Å². The van der Waals surface area contributed by atoms with E-state index in [9.17, 15) is 0 Å². The lowest BCUT2D eigenvalue weighted by atomic mass is 10.2. The van der Waals surface area contributed by atoms with Gasteiger partial charge in [-0.15, -0.1) is 0 Å². The zero-order valence-corrected chi connectivity index (χ0v) is 13.7. The number of rotatable bonds is 4. The lowest BCUT2D eigenvalue weighted by Gasteiger charge is -2.28. The summed E-state index contributed by atoms with van der Waals surface area (Å²) < 4.78 is 0. The number of H-pyrrole nitrogens is 1. The number of hydrogen-bond donors (Lipinski definition) is 0. The fraction of sp³-hybridized carbons (Fsp3) is 0.222. The summed E-state index contributed by atoms with van der Waals surface area (Å²) in [6.07, 6.45) is 5.59. The van der Waals surface area contributed by atoms with Crippen molar-refractivity contribution in [1.82, 2.24) is 5.01 Å². The van der Waals surface area contributed by atoms with Crippen molar-refractivity contribution in [1.29, 1.82) is 0 Å². The highest BCUT2D eigenvalue weighted by Crippen LogP contribution is 2.11. The molecular formula is C18H20ClN4+. The largest absolute Gasteiger partial charge is 0.289 e. The van der Waals surface area contributed by atoms with Crippen molar-refractivity contribution in [2.75, 3.05) is 31.1 Å². The Kier molecular flexibility index (Phi) is 5.27. The van der Waals surface area contributed by atoms with Crippen LogP contribution in [0, 0.1) is 0 Å². The molecule has 0 bridgehead atoms. The molecule has 1 fully saturated rings. The smallest absolute Gasteiger partial charge is 0.274 e. The van der Waals surface area contributed by atoms with Crippen LogP contribution in [0.3, 0.4) is 0 Å². The molecule has 0 unspecified atom stereocenters. The van der Waals surface area contributed by atoms with Crippen LogP contribution in [0.4, 0.5) is 5.82 Å². The Balaban J connectivity index is 1.53. The van der Waals surface area contributed by atoms with Gasteiger partial charge in [0, 0.05) is 6.07 Å². The molecular weight excluding hydrogens is 308 g/mol. The van der Waals surface area contributed by atoms with Crippen LogP contribution in [-0.4, -0.2) is 37.4 Å². The van der Waals surface area contributed by atoms with Crippen LogP contribution in [0.15, 0.2) is 64.9 Å². The average Bonchev–Trinajstić information content (AvgIpc) is 2.62. The second-order valence-corrected chi connectivity index (χ2v) is 5.81. The number of nitrogens with one attached hydrogen (secondary N) is 1. The molecule has 0 spiro atoms. The molecule has 4 nitrogen and oxygen atoms in total. The van der Waals surface area contributed by atoms with Crippen molar-refractivity contribution in [3.8, 4) is 0 Å². The maximum atomic E-state index is 6.23. The molecule has 2 heterocycles. The van der Waals surface area contributed by atoms with E-state index in [0.717, 1.165) is 37.6 Å². The number of hydrazone groups is 1. The van der Waals surface area contributed by atoms with E-state index in [4.69, 9.17) is 11.6 Å². The third kappa shape index (κ3) is 4.57. The molecule has 0 amide bonds. The minimum absolute atomic E-state index is 0.634. The molecule has 0 aliphatic carbocycles. The van der Waals surface area contributed by atoms with Gasteiger partial charge >= 0.3 is 0 Å². The summed E-state index contributed by atoms with van der Waals surface area (Å²) in [7, 11) is 0. The van der Waals surface area contributed by atoms with Crippen molar-refractivity contribution in [3.63, 3.8) is 0 Å². The minimum atomic E-state index is 0.634. The molecule has 1 N–H and O–H groups in total. The number of nitrogens with zero attached hydrogens (tertiary/aromatic N) is 3. The number of pyridine rings is 1. The molecule has 23 heavy (non-hydrogen) atoms. The van der Waals surface area contributed by atoms with Crippen LogP contribution in [0.25, 0.3) is 6.08 Å². The quantitative estimate of drug-likeness (QED) is 0.809. The number of benzene rings is 1. The Morgan fingerprint density at radius 2 is 1.74 bits per heavy atom. The van der Waals surface area contributed by atoms with Gasteiger partial charge in [0.05, 0.1) is 30.5 Å². The van der Waals surface area contributed by atoms with E-state index >= 15 is 0 Å². The predicted octanol–water partition coefficient (Wildman–Crippen LogP) is 2.89. The Hall–Kier alpha value is -2.33. The highest BCUT2D eigenvalue weighted by molar-refractivity contribution is 6.41. The highest BCUT2D eigenvalue weighted by atomic mass is 35.5. The summed E-state index contributed by atoms with van der Waals surface area (Å²) in [5, 5.41) is 7.17. The third-order valence-electron chi connectivity index (χ3n) is 3.74. The fourth-order valence-electron chi connectivity index (χ4n) is 2.52. The Morgan fingerprint density at radius 1 is 1.00 bits per heavy atom. The Labute approximate surface area is 141 Å². The van der Waals surface area contributed by atoms with Crippen LogP contribution in [0.5, 0.6) is 0 Å². The summed E-state index contributed by atoms with van der Waals surface area (Å²) in [6.45, 7) is 3.65. The average molecular weight is 328 g/mol. The number of anilines is 1. The molecule has 1 aliphatic rings. The second kappa shape index (κ2) is 7.79. The van der Waals surface area contributed by atoms with E-state index < -0.39 is 0 Å². The molecule has 1 aliphatic heterocycles. The van der Waals surface area contributed by atoms with Crippen LogP contribution in [-0.2, 0) is 0 Å². The fourth-order valence-corrected chi connectivity index (χ4v) is 2.69. The first-order chi connectivity index (χ1) is 11.3. The molecule has 1 aromatic carbocycles. The van der Waals surface area contributed by atoms with E-state index in [1.807, 2.05) is 54.7 Å². The van der Waals surface area contributed by atoms with Gasteiger partial charge < -0.3 is 0 Å². The number of halogens is 1. The van der Waals surface area contributed by atoms with Crippen molar-refractivity contribution in [3.05, 3.63) is 65.3 Å². The van der Waals surface area contributed by atoms with Gasteiger partial charge in [-0.2, -0.15) is 5.10 Å². The monoisotopic (exact) mass is 327 g/mol. The third-order valence-corrected chi connectivity index (χ3v) is 3.94. The van der Waals surface area contributed by atoms with Crippen LogP contribution in [0.2, 0.25) is 0 Å². The Bertz CT molecular complexity index is 662. The van der Waals surface area contributed by atoms with Gasteiger partial charge in [-0.3, -0.25) is 9.91 Å². The van der Waals surface area contributed by atoms with Gasteiger partial charge in [0.25, 0.3) is 5.82 Å². The van der Waals surface area contributed by atoms with Crippen LogP contribution < -0.4 is 9.88 Å². The number of aromatic nitrogens is 1. The van der Waals surface area contributed by atoms with E-state index in [-0.39, 0.29) is 0 Å². The lowest BCUT2D eigenvalue weighted by molar-refractivity contribution is -0.364. The predicted molar refractivity (Wildman–Crippen MR) is 95.5 cm³/mol. The van der Waals surface area contributed by atoms with Gasteiger partial charge in [0.2, 0.25) is 0 Å². The number of hydrogen-bond acceptors (Lipinski definition) is 3. The minimum Gasteiger partial charge on any atom is -0.289 e. The number of allylic oxidation sites excluding steroid dienone is 1. The van der Waals surface area contributed by atoms with Crippen molar-refractivity contribution < 1.29 is 4.98 Å². The lowest BCUT2D eigenvalue weighted by Crippen LogP contribution is -2.45. The standard InChI is InChI=1S/C18H19ClN4/c19-17(14-16-6-2-1-3-7-16)15-21-23-12-10-22(11-13-23)18-8-4-5-9-20-18/h1-9,14-15H,10-13H2/p+1/b17-14-,21-15+. The SMILES string of the molecule is ClC(=C\c1ccccc1)/C=N/N1CCN(c2cccc[nH+]2)CC1. The van der Waals surface area contributed by atoms with Gasteiger partial charge in [-0.1, -0.05) is 48.0 Å². The molecule has 2 aromatic rings. The summed E-state index contributed by atoms with van der Waals surface area (Å²) in [5.41, 5.74) is 1.08. The van der Waals surface area contributed by atoms with Crippen LogP contribution >= 0.6 is 11.6 Å². The first-order valence-corrected chi connectivity index (χ1v) is 8.12. The summed E-state index contributed by atoms with van der Waals surface area (Å²) in [5.74, 6) is 1.15. The Morgan fingerprint density at radius 3 is 2.43 bits per heavy atom. The first kappa shape index (κ1) is 15.6. The molecule has 118 valence electrons. The summed E-state index contributed by atoms with van der Waals surface area (Å²) in [4.78, 5) is 5.60. The van der Waals surface area contributed by atoms with Gasteiger partial charge in [-0.25, -0.2) is 4.98 Å². The summed E-state index contributed by atoms with van der Waals surface area (Å²) in [6, 6.07) is 16.1. The molecule has 0 saturated carbocycles. The van der Waals surface area contributed by atoms with Crippen molar-refractivity contribution >= 4 is 29.7 Å². The summed E-state index contributed by atoms with van der Waals surface area (Å²) >= 11 is 6.23. The van der Waals surface area contributed by atoms with Gasteiger partial charge in [0.15, 0.2) is 0 Å². The zero-order valence-electron chi connectivity index (χ0n) is 12.9. The molecule has 3 rings (SSSR count).